The molecule has 0 aliphatic rings. The molecule has 0 aliphatic heterocycles. The maximum absolute atomic E-state index is 13.6. The van der Waals surface area contributed by atoms with E-state index in [1.54, 1.807) is 31.1 Å². The van der Waals surface area contributed by atoms with Crippen molar-refractivity contribution in [2.24, 2.45) is 27.2 Å². The van der Waals surface area contributed by atoms with Gasteiger partial charge in [0.25, 0.3) is 0 Å². The highest BCUT2D eigenvalue weighted by Crippen LogP contribution is 2.22. The lowest BCUT2D eigenvalue weighted by molar-refractivity contribution is 0.626. The second-order valence-electron chi connectivity index (χ2n) is 3.54. The molecule has 0 bridgehead atoms. The van der Waals surface area contributed by atoms with Crippen molar-refractivity contribution in [3.05, 3.63) is 24.0 Å². The molecule has 1 aromatic carbocycles. The molecule has 0 atom stereocenters. The van der Waals surface area contributed by atoms with E-state index in [1.807, 2.05) is 0 Å². The van der Waals surface area contributed by atoms with Crippen LogP contribution in [-0.2, 0) is 0 Å². The van der Waals surface area contributed by atoms with Crippen molar-refractivity contribution >= 4 is 23.3 Å². The molecule has 0 unspecified atom stereocenters. The van der Waals surface area contributed by atoms with Crippen LogP contribution in [0.3, 0.4) is 0 Å². The molecular formula is C10H15FN6. The number of hydrogen-bond acceptors (Lipinski definition) is 2. The second kappa shape index (κ2) is 5.15. The fourth-order valence-corrected chi connectivity index (χ4v) is 1.22. The zero-order valence-electron chi connectivity index (χ0n) is 9.68. The van der Waals surface area contributed by atoms with Crippen LogP contribution in [0.15, 0.2) is 28.2 Å². The first-order chi connectivity index (χ1) is 7.90. The summed E-state index contributed by atoms with van der Waals surface area (Å²) in [6.07, 6.45) is 0. The third kappa shape index (κ3) is 3.63. The van der Waals surface area contributed by atoms with E-state index in [2.05, 4.69) is 9.98 Å². The first-order valence-electron chi connectivity index (χ1n) is 4.81. The van der Waals surface area contributed by atoms with Crippen LogP contribution in [-0.4, -0.2) is 26.0 Å². The van der Waals surface area contributed by atoms with Crippen molar-refractivity contribution in [1.82, 2.24) is 0 Å². The zero-order chi connectivity index (χ0) is 13.0. The second-order valence-corrected chi connectivity index (χ2v) is 3.54. The minimum Gasteiger partial charge on any atom is -0.375 e. The van der Waals surface area contributed by atoms with Gasteiger partial charge in [-0.25, -0.2) is 9.38 Å². The zero-order valence-corrected chi connectivity index (χ0v) is 9.68. The normalized spacial score (nSPS) is 11.1. The smallest absolute Gasteiger partial charge is 0.223 e. The van der Waals surface area contributed by atoms with Gasteiger partial charge in [-0.15, -0.1) is 0 Å². The monoisotopic (exact) mass is 238 g/mol. The van der Waals surface area contributed by atoms with Gasteiger partial charge in [0.2, 0.25) is 5.96 Å². The summed E-state index contributed by atoms with van der Waals surface area (Å²) in [5, 5.41) is 0. The quantitative estimate of drug-likeness (QED) is 0.502. The average Bonchev–Trinajstić information content (AvgIpc) is 2.15. The van der Waals surface area contributed by atoms with Gasteiger partial charge in [-0.2, -0.15) is 4.99 Å². The van der Waals surface area contributed by atoms with Crippen LogP contribution in [0.4, 0.5) is 15.8 Å². The van der Waals surface area contributed by atoms with Gasteiger partial charge in [0.15, 0.2) is 5.96 Å². The summed E-state index contributed by atoms with van der Waals surface area (Å²) in [6.45, 7) is 0. The van der Waals surface area contributed by atoms with Gasteiger partial charge >= 0.3 is 0 Å². The number of halogens is 1. The van der Waals surface area contributed by atoms with Crippen LogP contribution in [0.5, 0.6) is 0 Å². The summed E-state index contributed by atoms with van der Waals surface area (Å²) in [5.74, 6) is -0.715. The summed E-state index contributed by atoms with van der Waals surface area (Å²) in [6, 6.07) is 4.47. The Bertz CT molecular complexity index is 462. The van der Waals surface area contributed by atoms with Crippen LogP contribution in [0.1, 0.15) is 0 Å². The lowest BCUT2D eigenvalue weighted by atomic mass is 10.2. The minimum atomic E-state index is -0.395. The molecule has 1 aromatic rings. The Morgan fingerprint density at radius 1 is 1.24 bits per heavy atom. The Labute approximate surface area is 98.6 Å². The maximum Gasteiger partial charge on any atom is 0.223 e. The number of nitrogens with zero attached hydrogens (tertiary/aromatic N) is 3. The Kier molecular flexibility index (Phi) is 3.86. The number of hydrogen-bond donors (Lipinski definition) is 3. The number of guanidine groups is 2. The molecule has 0 spiro atoms. The van der Waals surface area contributed by atoms with E-state index in [1.165, 1.54) is 6.07 Å². The summed E-state index contributed by atoms with van der Waals surface area (Å²) in [4.78, 5) is 9.03. The van der Waals surface area contributed by atoms with Gasteiger partial charge < -0.3 is 22.1 Å². The van der Waals surface area contributed by atoms with Gasteiger partial charge in [0, 0.05) is 20.2 Å². The van der Waals surface area contributed by atoms with Crippen LogP contribution in [0, 0.1) is 5.82 Å². The first-order valence-corrected chi connectivity index (χ1v) is 4.81. The number of rotatable bonds is 2. The topological polar surface area (TPSA) is 106 Å². The van der Waals surface area contributed by atoms with Crippen LogP contribution in [0.2, 0.25) is 0 Å². The average molecular weight is 238 g/mol. The highest BCUT2D eigenvalue weighted by Gasteiger charge is 2.04. The highest BCUT2D eigenvalue weighted by molar-refractivity contribution is 5.93. The highest BCUT2D eigenvalue weighted by atomic mass is 19.1. The molecule has 0 saturated carbocycles. The van der Waals surface area contributed by atoms with Crippen LogP contribution < -0.4 is 22.1 Å². The summed E-state index contributed by atoms with van der Waals surface area (Å²) < 4.78 is 13.6. The first kappa shape index (κ1) is 12.8. The summed E-state index contributed by atoms with van der Waals surface area (Å²) >= 11 is 0. The van der Waals surface area contributed by atoms with Crippen molar-refractivity contribution in [3.8, 4) is 0 Å². The Balaban J connectivity index is 3.03. The molecule has 0 aliphatic carbocycles. The molecule has 0 radical (unpaired) electrons. The Morgan fingerprint density at radius 2 is 1.88 bits per heavy atom. The number of anilines is 1. The van der Waals surface area contributed by atoms with E-state index >= 15 is 0 Å². The van der Waals surface area contributed by atoms with E-state index in [0.29, 0.717) is 11.4 Å². The minimum absolute atomic E-state index is 0.123. The van der Waals surface area contributed by atoms with Crippen molar-refractivity contribution < 1.29 is 4.39 Å². The molecule has 6 nitrogen and oxygen atoms in total. The van der Waals surface area contributed by atoms with E-state index in [-0.39, 0.29) is 11.9 Å². The van der Waals surface area contributed by atoms with Gasteiger partial charge in [-0.05, 0) is 12.1 Å². The molecule has 0 aromatic heterocycles. The third-order valence-electron chi connectivity index (χ3n) is 1.90. The standard InChI is InChI=1S/C10H15FN6/c1-17(2)8-4-3-6(5-7(8)11)15-10(14)16-9(12)13/h3-5H,1-2H3,(H6,12,13,14,15,16). The van der Waals surface area contributed by atoms with Crippen LogP contribution in [0.25, 0.3) is 0 Å². The molecule has 17 heavy (non-hydrogen) atoms. The van der Waals surface area contributed by atoms with Gasteiger partial charge in [-0.1, -0.05) is 0 Å². The molecule has 0 heterocycles. The molecular weight excluding hydrogens is 223 g/mol. The Hall–Kier alpha value is -2.31. The third-order valence-corrected chi connectivity index (χ3v) is 1.90. The van der Waals surface area contributed by atoms with Gasteiger partial charge in [0.05, 0.1) is 11.4 Å². The number of benzene rings is 1. The fraction of sp³-hybridized carbons (Fsp3) is 0.200. The molecule has 1 rings (SSSR count). The van der Waals surface area contributed by atoms with Crippen molar-refractivity contribution in [2.45, 2.75) is 0 Å². The van der Waals surface area contributed by atoms with E-state index in [9.17, 15) is 4.39 Å². The van der Waals surface area contributed by atoms with Crippen LogP contribution >= 0.6 is 0 Å². The number of nitrogens with two attached hydrogens (primary N) is 3. The molecule has 0 saturated heterocycles. The largest absolute Gasteiger partial charge is 0.375 e. The SMILES string of the molecule is CN(C)c1ccc(N=C(N)N=C(N)N)cc1F. The lowest BCUT2D eigenvalue weighted by Crippen LogP contribution is -2.26. The predicted molar refractivity (Wildman–Crippen MR) is 67.8 cm³/mol. The maximum atomic E-state index is 13.6. The van der Waals surface area contributed by atoms with Crippen molar-refractivity contribution in [2.75, 3.05) is 19.0 Å². The molecule has 7 heteroatoms. The van der Waals surface area contributed by atoms with E-state index in [4.69, 9.17) is 17.2 Å². The van der Waals surface area contributed by atoms with Gasteiger partial charge in [0.1, 0.15) is 5.82 Å². The predicted octanol–water partition coefficient (Wildman–Crippen LogP) is 0.111. The lowest BCUT2D eigenvalue weighted by Gasteiger charge is -2.13. The number of aliphatic imine (C=N–C) groups is 2. The van der Waals surface area contributed by atoms with Crippen molar-refractivity contribution in [1.29, 1.82) is 0 Å². The summed E-state index contributed by atoms with van der Waals surface area (Å²) in [7, 11) is 3.49. The fourth-order valence-electron chi connectivity index (χ4n) is 1.22. The molecule has 0 amide bonds. The van der Waals surface area contributed by atoms with E-state index in [0.717, 1.165) is 0 Å². The Morgan fingerprint density at radius 3 is 2.35 bits per heavy atom. The van der Waals surface area contributed by atoms with E-state index < -0.39 is 5.82 Å². The molecule has 0 fully saturated rings. The molecule has 92 valence electrons. The molecule has 6 N–H and O–H groups in total. The van der Waals surface area contributed by atoms with Crippen molar-refractivity contribution in [3.63, 3.8) is 0 Å². The van der Waals surface area contributed by atoms with Gasteiger partial charge in [-0.3, -0.25) is 0 Å². The summed E-state index contributed by atoms with van der Waals surface area (Å²) in [5.41, 5.74) is 16.5.